The van der Waals surface area contributed by atoms with Crippen LogP contribution in [-0.4, -0.2) is 10.1 Å². The first kappa shape index (κ1) is 11.2. The number of hydrogen-bond acceptors (Lipinski definition) is 3. The van der Waals surface area contributed by atoms with E-state index in [9.17, 15) is 9.50 Å². The second kappa shape index (κ2) is 4.72. The van der Waals surface area contributed by atoms with Crippen LogP contribution in [0.1, 0.15) is 22.2 Å². The van der Waals surface area contributed by atoms with Gasteiger partial charge in [0.2, 0.25) is 0 Å². The van der Waals surface area contributed by atoms with Gasteiger partial charge < -0.3 is 5.11 Å². The van der Waals surface area contributed by atoms with Gasteiger partial charge in [0.25, 0.3) is 0 Å². The van der Waals surface area contributed by atoms with E-state index >= 15 is 0 Å². The molecule has 1 heterocycles. The Labute approximate surface area is 97.4 Å². The second-order valence-corrected chi connectivity index (χ2v) is 4.65. The summed E-state index contributed by atoms with van der Waals surface area (Å²) in [5.74, 6) is -0.366. The Bertz CT molecular complexity index is 470. The summed E-state index contributed by atoms with van der Waals surface area (Å²) >= 11 is 1.46. The fourth-order valence-corrected chi connectivity index (χ4v) is 2.20. The minimum Gasteiger partial charge on any atom is -0.388 e. The predicted octanol–water partition coefficient (Wildman–Crippen LogP) is 2.87. The third-order valence-corrected chi connectivity index (χ3v) is 3.16. The molecule has 0 saturated carbocycles. The van der Waals surface area contributed by atoms with E-state index in [1.807, 2.05) is 12.3 Å². The number of nitrogens with zero attached hydrogens (tertiary/aromatic N) is 1. The lowest BCUT2D eigenvalue weighted by Gasteiger charge is -2.11. The largest absolute Gasteiger partial charge is 0.388 e. The average molecular weight is 237 g/mol. The molecule has 0 amide bonds. The van der Waals surface area contributed by atoms with Crippen molar-refractivity contribution in [2.75, 3.05) is 0 Å². The molecule has 0 aliphatic heterocycles. The lowest BCUT2D eigenvalue weighted by Crippen LogP contribution is -2.04. The molecule has 4 heteroatoms. The lowest BCUT2D eigenvalue weighted by atomic mass is 10.0. The highest BCUT2D eigenvalue weighted by atomic mass is 32.1. The molecular formula is C12H12FNOS. The highest BCUT2D eigenvalue weighted by Crippen LogP contribution is 2.22. The first-order valence-corrected chi connectivity index (χ1v) is 5.87. The molecule has 16 heavy (non-hydrogen) atoms. The summed E-state index contributed by atoms with van der Waals surface area (Å²) < 4.78 is 13.5. The first-order valence-electron chi connectivity index (χ1n) is 4.99. The summed E-state index contributed by atoms with van der Waals surface area (Å²) in [5, 5.41) is 12.6. The fourth-order valence-electron chi connectivity index (χ4n) is 1.55. The van der Waals surface area contributed by atoms with Crippen molar-refractivity contribution in [2.45, 2.75) is 19.4 Å². The Morgan fingerprint density at radius 1 is 1.50 bits per heavy atom. The van der Waals surface area contributed by atoms with Gasteiger partial charge >= 0.3 is 0 Å². The van der Waals surface area contributed by atoms with E-state index in [1.54, 1.807) is 18.3 Å². The van der Waals surface area contributed by atoms with Crippen LogP contribution in [0, 0.1) is 12.7 Å². The van der Waals surface area contributed by atoms with Crippen molar-refractivity contribution < 1.29 is 9.50 Å². The van der Waals surface area contributed by atoms with Crippen LogP contribution in [0.4, 0.5) is 4.39 Å². The van der Waals surface area contributed by atoms with Crippen LogP contribution in [0.2, 0.25) is 0 Å². The van der Waals surface area contributed by atoms with E-state index in [0.29, 0.717) is 12.0 Å². The topological polar surface area (TPSA) is 33.1 Å². The van der Waals surface area contributed by atoms with Gasteiger partial charge in [-0.3, -0.25) is 0 Å². The highest BCUT2D eigenvalue weighted by Gasteiger charge is 2.14. The minimum atomic E-state index is -0.828. The summed E-state index contributed by atoms with van der Waals surface area (Å²) in [7, 11) is 0. The van der Waals surface area contributed by atoms with Crippen molar-refractivity contribution in [2.24, 2.45) is 0 Å². The van der Waals surface area contributed by atoms with E-state index in [2.05, 4.69) is 4.98 Å². The molecule has 1 atom stereocenters. The SMILES string of the molecule is Cc1ccc(F)c(C(O)Cc2nccs2)c1. The molecule has 0 fully saturated rings. The van der Waals surface area contributed by atoms with E-state index in [-0.39, 0.29) is 5.82 Å². The molecular weight excluding hydrogens is 225 g/mol. The molecule has 84 valence electrons. The van der Waals surface area contributed by atoms with E-state index in [4.69, 9.17) is 0 Å². The standard InChI is InChI=1S/C12H12FNOS/c1-8-2-3-10(13)9(6-8)11(15)7-12-14-4-5-16-12/h2-6,11,15H,7H2,1H3. The van der Waals surface area contributed by atoms with E-state index in [0.717, 1.165) is 10.6 Å². The van der Waals surface area contributed by atoms with Gasteiger partial charge in [0, 0.05) is 23.6 Å². The van der Waals surface area contributed by atoms with Gasteiger partial charge in [0.05, 0.1) is 11.1 Å². The maximum Gasteiger partial charge on any atom is 0.129 e. The number of aliphatic hydroxyl groups excluding tert-OH is 1. The van der Waals surface area contributed by atoms with Crippen molar-refractivity contribution in [1.29, 1.82) is 0 Å². The summed E-state index contributed by atoms with van der Waals surface area (Å²) in [6.45, 7) is 1.87. The molecule has 1 N–H and O–H groups in total. The molecule has 2 nitrogen and oxygen atoms in total. The molecule has 1 unspecified atom stereocenters. The zero-order chi connectivity index (χ0) is 11.5. The van der Waals surface area contributed by atoms with Gasteiger partial charge in [-0.15, -0.1) is 11.3 Å². The number of halogens is 1. The monoisotopic (exact) mass is 237 g/mol. The zero-order valence-electron chi connectivity index (χ0n) is 8.85. The van der Waals surface area contributed by atoms with E-state index < -0.39 is 6.10 Å². The molecule has 1 aromatic heterocycles. The van der Waals surface area contributed by atoms with Crippen molar-refractivity contribution in [3.05, 3.63) is 51.7 Å². The fraction of sp³-hybridized carbons (Fsp3) is 0.250. The Morgan fingerprint density at radius 3 is 3.00 bits per heavy atom. The Kier molecular flexibility index (Phi) is 3.31. The maximum atomic E-state index is 13.5. The van der Waals surface area contributed by atoms with Crippen molar-refractivity contribution in [3.8, 4) is 0 Å². The molecule has 2 rings (SSSR count). The van der Waals surface area contributed by atoms with Gasteiger partial charge in [-0.25, -0.2) is 9.37 Å². The van der Waals surface area contributed by atoms with Crippen LogP contribution in [0.5, 0.6) is 0 Å². The van der Waals surface area contributed by atoms with Crippen LogP contribution < -0.4 is 0 Å². The summed E-state index contributed by atoms with van der Waals surface area (Å²) in [6, 6.07) is 4.75. The number of hydrogen-bond donors (Lipinski definition) is 1. The van der Waals surface area contributed by atoms with Crippen molar-refractivity contribution in [3.63, 3.8) is 0 Å². The number of rotatable bonds is 3. The van der Waals surface area contributed by atoms with Crippen LogP contribution in [0.25, 0.3) is 0 Å². The van der Waals surface area contributed by atoms with Gasteiger partial charge in [0.1, 0.15) is 5.82 Å². The summed E-state index contributed by atoms with van der Waals surface area (Å²) in [5.41, 5.74) is 1.28. The van der Waals surface area contributed by atoms with Gasteiger partial charge in [-0.1, -0.05) is 17.7 Å². The molecule has 0 aliphatic carbocycles. The van der Waals surface area contributed by atoms with Crippen LogP contribution >= 0.6 is 11.3 Å². The Hall–Kier alpha value is -1.26. The quantitative estimate of drug-likeness (QED) is 0.890. The molecule has 2 aromatic rings. The average Bonchev–Trinajstić information content (AvgIpc) is 2.74. The van der Waals surface area contributed by atoms with Gasteiger partial charge in [0.15, 0.2) is 0 Å². The highest BCUT2D eigenvalue weighted by molar-refractivity contribution is 7.09. The number of benzene rings is 1. The Morgan fingerprint density at radius 2 is 2.31 bits per heavy atom. The Balaban J connectivity index is 2.20. The number of aryl methyl sites for hydroxylation is 1. The normalized spacial score (nSPS) is 12.7. The minimum absolute atomic E-state index is 0.343. The van der Waals surface area contributed by atoms with Gasteiger partial charge in [-0.2, -0.15) is 0 Å². The maximum absolute atomic E-state index is 13.5. The molecule has 0 saturated heterocycles. The third-order valence-electron chi connectivity index (χ3n) is 2.36. The first-order chi connectivity index (χ1) is 7.66. The molecule has 0 spiro atoms. The van der Waals surface area contributed by atoms with Crippen molar-refractivity contribution >= 4 is 11.3 Å². The molecule has 0 aliphatic rings. The van der Waals surface area contributed by atoms with Crippen LogP contribution in [-0.2, 0) is 6.42 Å². The summed E-state index contributed by atoms with van der Waals surface area (Å²) in [4.78, 5) is 4.07. The number of thiazole rings is 1. The smallest absolute Gasteiger partial charge is 0.129 e. The van der Waals surface area contributed by atoms with Gasteiger partial charge in [-0.05, 0) is 13.0 Å². The molecule has 0 radical (unpaired) electrons. The summed E-state index contributed by atoms with van der Waals surface area (Å²) in [6.07, 6.45) is 1.21. The zero-order valence-corrected chi connectivity index (χ0v) is 9.67. The van der Waals surface area contributed by atoms with Crippen molar-refractivity contribution in [1.82, 2.24) is 4.98 Å². The van der Waals surface area contributed by atoms with E-state index in [1.165, 1.54) is 17.4 Å². The molecule has 1 aromatic carbocycles. The number of aliphatic hydroxyl groups is 1. The van der Waals surface area contributed by atoms with Crippen LogP contribution in [0.3, 0.4) is 0 Å². The van der Waals surface area contributed by atoms with Crippen LogP contribution in [0.15, 0.2) is 29.8 Å². The molecule has 0 bridgehead atoms. The predicted molar refractivity (Wildman–Crippen MR) is 61.9 cm³/mol. The third kappa shape index (κ3) is 2.46. The lowest BCUT2D eigenvalue weighted by molar-refractivity contribution is 0.173. The number of aromatic nitrogens is 1. The second-order valence-electron chi connectivity index (χ2n) is 3.67.